The molecule has 0 aliphatic carbocycles. The summed E-state index contributed by atoms with van der Waals surface area (Å²) in [4.78, 5) is 0. The van der Waals surface area contributed by atoms with Crippen molar-refractivity contribution in [3.8, 4) is 0 Å². The molecule has 4 atom stereocenters. The predicted molar refractivity (Wildman–Crippen MR) is 120 cm³/mol. The van der Waals surface area contributed by atoms with Crippen molar-refractivity contribution in [2.24, 2.45) is 0 Å². The molecule has 2 aliphatic rings. The van der Waals surface area contributed by atoms with Crippen LogP contribution in [0, 0.1) is 0 Å². The molecule has 0 spiro atoms. The number of epoxide rings is 2. The molecular weight excluding hydrogens is 376 g/mol. The number of fused-ring (bicyclic) bond motifs is 2. The van der Waals surface area contributed by atoms with Crippen LogP contribution in [-0.2, 0) is 9.47 Å². The first-order valence-electron chi connectivity index (χ1n) is 10.2. The zero-order valence-corrected chi connectivity index (χ0v) is 16.8. The number of rotatable bonds is 6. The van der Waals surface area contributed by atoms with Crippen LogP contribution in [0.5, 0.6) is 0 Å². The van der Waals surface area contributed by atoms with Gasteiger partial charge in [0.25, 0.3) is 0 Å². The van der Waals surface area contributed by atoms with Crippen LogP contribution >= 0.6 is 11.8 Å². The highest BCUT2D eigenvalue weighted by atomic mass is 32.2. The number of thioether (sulfide) groups is 1. The van der Waals surface area contributed by atoms with Gasteiger partial charge in [-0.25, -0.2) is 0 Å². The van der Waals surface area contributed by atoms with E-state index in [0.717, 1.165) is 13.2 Å². The van der Waals surface area contributed by atoms with E-state index >= 15 is 0 Å². The second kappa shape index (κ2) is 7.17. The quantitative estimate of drug-likeness (QED) is 0.356. The lowest BCUT2D eigenvalue weighted by Crippen LogP contribution is -2.10. The van der Waals surface area contributed by atoms with Gasteiger partial charge < -0.3 is 9.47 Å². The van der Waals surface area contributed by atoms with Crippen molar-refractivity contribution in [1.29, 1.82) is 0 Å². The van der Waals surface area contributed by atoms with Crippen molar-refractivity contribution in [3.05, 3.63) is 96.1 Å². The van der Waals surface area contributed by atoms with Crippen molar-refractivity contribution in [1.82, 2.24) is 0 Å². The topological polar surface area (TPSA) is 25.1 Å². The number of ether oxygens (including phenoxy) is 2. The van der Waals surface area contributed by atoms with Crippen LogP contribution in [0.2, 0.25) is 0 Å². The summed E-state index contributed by atoms with van der Waals surface area (Å²) in [6.07, 6.45) is 0.559. The Balaban J connectivity index is 1.43. The van der Waals surface area contributed by atoms with Crippen molar-refractivity contribution in [2.45, 2.75) is 22.7 Å². The molecule has 6 rings (SSSR count). The third kappa shape index (κ3) is 3.33. The average molecular weight is 399 g/mol. The van der Waals surface area contributed by atoms with Gasteiger partial charge in [0.15, 0.2) is 0 Å². The van der Waals surface area contributed by atoms with E-state index in [9.17, 15) is 0 Å². The molecule has 0 radical (unpaired) electrons. The normalized spacial score (nSPS) is 22.5. The van der Waals surface area contributed by atoms with E-state index in [1.54, 1.807) is 0 Å². The highest BCUT2D eigenvalue weighted by molar-refractivity contribution is 7.99. The van der Waals surface area contributed by atoms with E-state index in [2.05, 4.69) is 84.9 Å². The summed E-state index contributed by atoms with van der Waals surface area (Å²) in [5, 5.41) is 5.84. The molecule has 0 amide bonds. The lowest BCUT2D eigenvalue weighted by atomic mass is 10.0. The van der Waals surface area contributed by atoms with E-state index < -0.39 is 0 Å². The van der Waals surface area contributed by atoms with Gasteiger partial charge in [-0.15, -0.1) is 11.8 Å². The molecule has 2 nitrogen and oxygen atoms in total. The molecular formula is C26H22O2S. The second-order valence-corrected chi connectivity index (χ2v) is 9.15. The van der Waals surface area contributed by atoms with Gasteiger partial charge in [-0.05, 0) is 32.7 Å². The summed E-state index contributed by atoms with van der Waals surface area (Å²) in [6, 6.07) is 30.6. The molecule has 29 heavy (non-hydrogen) atoms. The summed E-state index contributed by atoms with van der Waals surface area (Å²) in [6.45, 7) is 1.68. The average Bonchev–Trinajstić information content (AvgIpc) is 3.68. The molecule has 144 valence electrons. The number of benzene rings is 4. The summed E-state index contributed by atoms with van der Waals surface area (Å²) < 4.78 is 11.7. The Morgan fingerprint density at radius 3 is 1.45 bits per heavy atom. The van der Waals surface area contributed by atoms with Crippen molar-refractivity contribution in [2.75, 3.05) is 13.2 Å². The fourth-order valence-electron chi connectivity index (χ4n) is 4.34. The van der Waals surface area contributed by atoms with E-state index in [0.29, 0.717) is 10.5 Å². The lowest BCUT2D eigenvalue weighted by molar-refractivity contribution is 0.398. The third-order valence-electron chi connectivity index (χ3n) is 5.95. The molecule has 2 aliphatic heterocycles. The van der Waals surface area contributed by atoms with Gasteiger partial charge in [0.1, 0.15) is 0 Å². The van der Waals surface area contributed by atoms with Crippen molar-refractivity contribution in [3.63, 3.8) is 0 Å². The summed E-state index contributed by atoms with van der Waals surface area (Å²) in [5.74, 6) is 0. The Morgan fingerprint density at radius 1 is 0.586 bits per heavy atom. The first-order valence-corrected chi connectivity index (χ1v) is 11.2. The molecule has 0 bridgehead atoms. The fourth-order valence-corrected chi connectivity index (χ4v) is 6.02. The maximum Gasteiger partial charge on any atom is 0.0969 e. The SMILES string of the molecule is c1ccc2c(C(SC(c3cccc4ccccc34)C3CO3)C3CO3)cccc2c1. The van der Waals surface area contributed by atoms with Crippen LogP contribution in [0.1, 0.15) is 21.6 Å². The van der Waals surface area contributed by atoms with Crippen LogP contribution in [0.15, 0.2) is 84.9 Å². The van der Waals surface area contributed by atoms with E-state index in [4.69, 9.17) is 9.47 Å². The Hall–Kier alpha value is -2.33. The van der Waals surface area contributed by atoms with Crippen LogP contribution < -0.4 is 0 Å². The van der Waals surface area contributed by atoms with E-state index in [1.165, 1.54) is 32.7 Å². The molecule has 3 heteroatoms. The minimum Gasteiger partial charge on any atom is -0.372 e. The second-order valence-electron chi connectivity index (χ2n) is 7.86. The summed E-state index contributed by atoms with van der Waals surface area (Å²) in [7, 11) is 0. The minimum absolute atomic E-state index is 0.280. The van der Waals surface area contributed by atoms with E-state index in [-0.39, 0.29) is 12.2 Å². The molecule has 2 fully saturated rings. The van der Waals surface area contributed by atoms with Gasteiger partial charge in [-0.3, -0.25) is 0 Å². The largest absolute Gasteiger partial charge is 0.372 e. The smallest absolute Gasteiger partial charge is 0.0969 e. The Labute approximate surface area is 174 Å². The highest BCUT2D eigenvalue weighted by Gasteiger charge is 2.42. The van der Waals surface area contributed by atoms with E-state index in [1.807, 2.05) is 11.8 Å². The number of hydrogen-bond donors (Lipinski definition) is 0. The predicted octanol–water partition coefficient (Wildman–Crippen LogP) is 6.31. The van der Waals surface area contributed by atoms with Crippen LogP contribution in [0.3, 0.4) is 0 Å². The Morgan fingerprint density at radius 2 is 1.00 bits per heavy atom. The first-order chi connectivity index (χ1) is 14.4. The Kier molecular flexibility index (Phi) is 4.33. The summed E-state index contributed by atoms with van der Waals surface area (Å²) in [5.41, 5.74) is 2.75. The summed E-state index contributed by atoms with van der Waals surface area (Å²) >= 11 is 2.02. The molecule has 0 aromatic heterocycles. The van der Waals surface area contributed by atoms with Gasteiger partial charge in [0, 0.05) is 0 Å². The van der Waals surface area contributed by atoms with Crippen molar-refractivity contribution >= 4 is 33.3 Å². The van der Waals surface area contributed by atoms with Crippen molar-refractivity contribution < 1.29 is 9.47 Å². The monoisotopic (exact) mass is 398 g/mol. The van der Waals surface area contributed by atoms with Gasteiger partial charge in [0.2, 0.25) is 0 Å². The Bertz CT molecular complexity index is 1080. The molecule has 2 saturated heterocycles. The van der Waals surface area contributed by atoms with Gasteiger partial charge >= 0.3 is 0 Å². The molecule has 4 aromatic carbocycles. The zero-order chi connectivity index (χ0) is 19.2. The highest BCUT2D eigenvalue weighted by Crippen LogP contribution is 2.52. The molecule has 0 saturated carbocycles. The molecule has 0 N–H and O–H groups in total. The first kappa shape index (κ1) is 17.5. The number of hydrogen-bond acceptors (Lipinski definition) is 3. The van der Waals surface area contributed by atoms with Gasteiger partial charge in [-0.1, -0.05) is 84.9 Å². The molecule has 2 heterocycles. The van der Waals surface area contributed by atoms with Gasteiger partial charge in [0.05, 0.1) is 35.9 Å². The molecule has 4 aromatic rings. The van der Waals surface area contributed by atoms with Crippen LogP contribution in [-0.4, -0.2) is 25.4 Å². The van der Waals surface area contributed by atoms with Crippen LogP contribution in [0.4, 0.5) is 0 Å². The maximum atomic E-state index is 5.84. The third-order valence-corrected chi connectivity index (χ3v) is 7.65. The van der Waals surface area contributed by atoms with Gasteiger partial charge in [-0.2, -0.15) is 0 Å². The lowest BCUT2D eigenvalue weighted by Gasteiger charge is -2.24. The minimum atomic E-state index is 0.280. The molecule has 4 unspecified atom stereocenters. The van der Waals surface area contributed by atoms with Crippen LogP contribution in [0.25, 0.3) is 21.5 Å². The fraction of sp³-hybridized carbons (Fsp3) is 0.231. The maximum absolute atomic E-state index is 5.84. The zero-order valence-electron chi connectivity index (χ0n) is 16.0. The standard InChI is InChI=1S/C26H22O2S/c1-3-11-19-17(7-1)9-5-13-21(19)25(23-15-27-23)29-26(24-16-28-24)22-14-6-10-18-8-2-4-12-20(18)22/h1-14,23-26H,15-16H2.